The lowest BCUT2D eigenvalue weighted by Crippen LogP contribution is -2.27. The zero-order chi connectivity index (χ0) is 12.8. The Morgan fingerprint density at radius 3 is 2.39 bits per heavy atom. The molecule has 0 unspecified atom stereocenters. The van der Waals surface area contributed by atoms with Crippen molar-refractivity contribution in [3.05, 3.63) is 65.7 Å². The van der Waals surface area contributed by atoms with Crippen molar-refractivity contribution < 1.29 is 5.11 Å². The molecule has 2 rings (SSSR count). The quantitative estimate of drug-likeness (QED) is 0.843. The van der Waals surface area contributed by atoms with Crippen LogP contribution in [0.25, 0.3) is 0 Å². The summed E-state index contributed by atoms with van der Waals surface area (Å²) >= 11 is 0. The van der Waals surface area contributed by atoms with E-state index < -0.39 is 0 Å². The van der Waals surface area contributed by atoms with Crippen LogP contribution in [-0.2, 0) is 13.0 Å². The molecule has 0 bridgehead atoms. The van der Waals surface area contributed by atoms with Crippen molar-refractivity contribution >= 4 is 0 Å². The van der Waals surface area contributed by atoms with E-state index in [9.17, 15) is 5.11 Å². The summed E-state index contributed by atoms with van der Waals surface area (Å²) < 4.78 is 0. The van der Waals surface area contributed by atoms with Crippen LogP contribution >= 0.6 is 0 Å². The number of rotatable bonds is 5. The summed E-state index contributed by atoms with van der Waals surface area (Å²) in [5.74, 6) is 0.358. The molecule has 0 saturated heterocycles. The number of hydrogen-bond acceptors (Lipinski definition) is 2. The maximum Gasteiger partial charge on any atom is 0.120 e. The molecular weight excluding hydrogens is 222 g/mol. The van der Waals surface area contributed by atoms with Crippen molar-refractivity contribution in [2.24, 2.45) is 0 Å². The third kappa shape index (κ3) is 3.60. The molecule has 0 saturated carbocycles. The number of aromatic hydroxyl groups is 1. The standard InChI is InChI=1S/C16H19NO/c1-13(11-14-7-3-2-4-8-14)17-12-15-9-5-6-10-16(15)18/h2-10,13,17-18H,11-12H2,1H3/t13-/m0/s1. The zero-order valence-corrected chi connectivity index (χ0v) is 10.6. The summed E-state index contributed by atoms with van der Waals surface area (Å²) in [6.07, 6.45) is 0.994. The molecular formula is C16H19NO. The second-order valence-electron chi connectivity index (χ2n) is 4.60. The Labute approximate surface area is 108 Å². The van der Waals surface area contributed by atoms with Gasteiger partial charge in [-0.05, 0) is 25.0 Å². The highest BCUT2D eigenvalue weighted by Gasteiger charge is 2.04. The van der Waals surface area contributed by atoms with Crippen molar-refractivity contribution in [1.29, 1.82) is 0 Å². The Kier molecular flexibility index (Phi) is 4.37. The van der Waals surface area contributed by atoms with Crippen LogP contribution in [-0.4, -0.2) is 11.1 Å². The molecule has 2 N–H and O–H groups in total. The van der Waals surface area contributed by atoms with Crippen molar-refractivity contribution in [3.8, 4) is 5.75 Å². The Morgan fingerprint density at radius 2 is 1.67 bits per heavy atom. The first-order valence-corrected chi connectivity index (χ1v) is 6.30. The van der Waals surface area contributed by atoms with Gasteiger partial charge in [-0.25, -0.2) is 0 Å². The molecule has 0 aliphatic carbocycles. The minimum Gasteiger partial charge on any atom is -0.508 e. The van der Waals surface area contributed by atoms with Gasteiger partial charge in [0.15, 0.2) is 0 Å². The number of phenols is 1. The van der Waals surface area contributed by atoms with Gasteiger partial charge in [-0.15, -0.1) is 0 Å². The summed E-state index contributed by atoms with van der Waals surface area (Å²) in [4.78, 5) is 0. The average Bonchev–Trinajstić information content (AvgIpc) is 2.39. The predicted molar refractivity (Wildman–Crippen MR) is 74.6 cm³/mol. The molecule has 0 heterocycles. The largest absolute Gasteiger partial charge is 0.508 e. The first-order valence-electron chi connectivity index (χ1n) is 6.30. The molecule has 2 aromatic carbocycles. The molecule has 0 aromatic heterocycles. The summed E-state index contributed by atoms with van der Waals surface area (Å²) in [7, 11) is 0. The normalized spacial score (nSPS) is 12.3. The molecule has 94 valence electrons. The van der Waals surface area contributed by atoms with Crippen molar-refractivity contribution in [2.45, 2.75) is 25.9 Å². The highest BCUT2D eigenvalue weighted by atomic mass is 16.3. The fourth-order valence-electron chi connectivity index (χ4n) is 1.98. The Balaban J connectivity index is 1.86. The van der Waals surface area contributed by atoms with Gasteiger partial charge in [0, 0.05) is 18.2 Å². The highest BCUT2D eigenvalue weighted by Crippen LogP contribution is 2.15. The van der Waals surface area contributed by atoms with Gasteiger partial charge in [0.2, 0.25) is 0 Å². The number of hydrogen-bond donors (Lipinski definition) is 2. The van der Waals surface area contributed by atoms with Gasteiger partial charge in [0.1, 0.15) is 5.75 Å². The van der Waals surface area contributed by atoms with Crippen LogP contribution in [0.3, 0.4) is 0 Å². The van der Waals surface area contributed by atoms with Crippen LogP contribution in [0.2, 0.25) is 0 Å². The first-order chi connectivity index (χ1) is 8.75. The van der Waals surface area contributed by atoms with E-state index in [0.29, 0.717) is 18.3 Å². The van der Waals surface area contributed by atoms with Gasteiger partial charge < -0.3 is 10.4 Å². The second kappa shape index (κ2) is 6.22. The van der Waals surface area contributed by atoms with Gasteiger partial charge in [0.25, 0.3) is 0 Å². The number of phenolic OH excluding ortho intramolecular Hbond substituents is 1. The van der Waals surface area contributed by atoms with Crippen LogP contribution in [0.5, 0.6) is 5.75 Å². The molecule has 0 aliphatic heterocycles. The predicted octanol–water partition coefficient (Wildman–Crippen LogP) is 3.11. The Hall–Kier alpha value is -1.80. The van der Waals surface area contributed by atoms with E-state index in [1.54, 1.807) is 6.07 Å². The van der Waals surface area contributed by atoms with Gasteiger partial charge in [0.05, 0.1) is 0 Å². The second-order valence-corrected chi connectivity index (χ2v) is 4.60. The van der Waals surface area contributed by atoms with Crippen LogP contribution < -0.4 is 5.32 Å². The fourth-order valence-corrected chi connectivity index (χ4v) is 1.98. The maximum absolute atomic E-state index is 9.67. The van der Waals surface area contributed by atoms with Gasteiger partial charge >= 0.3 is 0 Å². The summed E-state index contributed by atoms with van der Waals surface area (Å²) in [6.45, 7) is 2.85. The summed E-state index contributed by atoms with van der Waals surface area (Å²) in [5.41, 5.74) is 2.27. The van der Waals surface area contributed by atoms with Gasteiger partial charge in [-0.1, -0.05) is 48.5 Å². The molecule has 0 spiro atoms. The van der Waals surface area contributed by atoms with E-state index in [0.717, 1.165) is 12.0 Å². The van der Waals surface area contributed by atoms with E-state index in [4.69, 9.17) is 0 Å². The third-order valence-corrected chi connectivity index (χ3v) is 3.02. The number of para-hydroxylation sites is 1. The lowest BCUT2D eigenvalue weighted by Gasteiger charge is -2.14. The molecule has 0 aliphatic rings. The SMILES string of the molecule is C[C@@H](Cc1ccccc1)NCc1ccccc1O. The van der Waals surface area contributed by atoms with Crippen molar-refractivity contribution in [2.75, 3.05) is 0 Å². The molecule has 2 nitrogen and oxygen atoms in total. The van der Waals surface area contributed by atoms with Gasteiger partial charge in [-0.3, -0.25) is 0 Å². The smallest absolute Gasteiger partial charge is 0.120 e. The van der Waals surface area contributed by atoms with E-state index in [2.05, 4.69) is 36.5 Å². The first kappa shape index (κ1) is 12.7. The lowest BCUT2D eigenvalue weighted by atomic mass is 10.1. The molecule has 0 fully saturated rings. The maximum atomic E-state index is 9.67. The van der Waals surface area contributed by atoms with Crippen LogP contribution in [0.4, 0.5) is 0 Å². The van der Waals surface area contributed by atoms with Gasteiger partial charge in [-0.2, -0.15) is 0 Å². The molecule has 2 heteroatoms. The Bertz CT molecular complexity index is 481. The monoisotopic (exact) mass is 241 g/mol. The van der Waals surface area contributed by atoms with Crippen LogP contribution in [0, 0.1) is 0 Å². The lowest BCUT2D eigenvalue weighted by molar-refractivity contribution is 0.458. The van der Waals surface area contributed by atoms with E-state index in [1.165, 1.54) is 5.56 Å². The summed E-state index contributed by atoms with van der Waals surface area (Å²) in [6, 6.07) is 18.3. The average molecular weight is 241 g/mol. The zero-order valence-electron chi connectivity index (χ0n) is 10.6. The van der Waals surface area contributed by atoms with Crippen molar-refractivity contribution in [3.63, 3.8) is 0 Å². The van der Waals surface area contributed by atoms with E-state index in [1.807, 2.05) is 24.3 Å². The topological polar surface area (TPSA) is 32.3 Å². The fraction of sp³-hybridized carbons (Fsp3) is 0.250. The van der Waals surface area contributed by atoms with Crippen LogP contribution in [0.15, 0.2) is 54.6 Å². The molecule has 0 radical (unpaired) electrons. The number of benzene rings is 2. The van der Waals surface area contributed by atoms with Crippen LogP contribution in [0.1, 0.15) is 18.1 Å². The molecule has 18 heavy (non-hydrogen) atoms. The third-order valence-electron chi connectivity index (χ3n) is 3.02. The molecule has 0 amide bonds. The van der Waals surface area contributed by atoms with E-state index >= 15 is 0 Å². The number of nitrogens with one attached hydrogen (secondary N) is 1. The minimum absolute atomic E-state index is 0.358. The molecule has 2 aromatic rings. The highest BCUT2D eigenvalue weighted by molar-refractivity contribution is 5.31. The van der Waals surface area contributed by atoms with E-state index in [-0.39, 0.29) is 0 Å². The summed E-state index contributed by atoms with van der Waals surface area (Å²) in [5, 5.41) is 13.1. The minimum atomic E-state index is 0.358. The Morgan fingerprint density at radius 1 is 1.00 bits per heavy atom. The molecule has 1 atom stereocenters. The van der Waals surface area contributed by atoms with Crippen molar-refractivity contribution in [1.82, 2.24) is 5.32 Å².